The normalized spacial score (nSPS) is 16.1. The number of hydrogen-bond acceptors (Lipinski definition) is 9. The Morgan fingerprint density at radius 1 is 1.17 bits per heavy atom. The van der Waals surface area contributed by atoms with Crippen molar-refractivity contribution in [3.63, 3.8) is 0 Å². The molecule has 0 bridgehead atoms. The van der Waals surface area contributed by atoms with E-state index in [1.165, 1.54) is 4.90 Å². The lowest BCUT2D eigenvalue weighted by Gasteiger charge is -2.22. The van der Waals surface area contributed by atoms with Gasteiger partial charge < -0.3 is 15.1 Å². The average Bonchev–Trinajstić information content (AvgIpc) is 3.48. The first-order valence-corrected chi connectivity index (χ1v) is 13.4. The molecule has 11 nitrogen and oxygen atoms in total. The lowest BCUT2D eigenvalue weighted by atomic mass is 9.96. The molecule has 0 spiro atoms. The second-order valence-electron chi connectivity index (χ2n) is 11.4. The van der Waals surface area contributed by atoms with Gasteiger partial charge in [0.2, 0.25) is 11.8 Å². The Balaban J connectivity index is 1.44. The molecule has 4 heterocycles. The number of halogens is 3. The molecule has 2 N–H and O–H groups in total. The molecule has 222 valence electrons. The standard InChI is InChI=1S/C28H32F3N9O2/c1-16-22(14-39(5)38-16)35-26-32-10-8-20(34-26)17-6-7-19-18(12-17)13-40(15-28(29,30)31)11-9-21(19)33-23(41)24-36-37-25(42-24)27(2,3)4/h6-8,10,12,14,21H,9,11,13,15H2,1-5H3,(H,33,41)(H,32,34,35)/t21-/m1/s1. The van der Waals surface area contributed by atoms with Crippen LogP contribution in [-0.2, 0) is 19.0 Å². The zero-order valence-corrected chi connectivity index (χ0v) is 24.0. The first-order chi connectivity index (χ1) is 19.7. The third-order valence-electron chi connectivity index (χ3n) is 6.83. The minimum atomic E-state index is -4.37. The Morgan fingerprint density at radius 2 is 1.95 bits per heavy atom. The van der Waals surface area contributed by atoms with E-state index in [-0.39, 0.29) is 25.4 Å². The molecule has 1 aliphatic heterocycles. The first-order valence-electron chi connectivity index (χ1n) is 13.4. The molecule has 0 radical (unpaired) electrons. The van der Waals surface area contributed by atoms with Crippen molar-refractivity contribution in [3.8, 4) is 11.3 Å². The van der Waals surface area contributed by atoms with Gasteiger partial charge in [0, 0.05) is 43.5 Å². The van der Waals surface area contributed by atoms with Gasteiger partial charge in [-0.25, -0.2) is 9.97 Å². The fraction of sp³-hybridized carbons (Fsp3) is 0.429. The zero-order valence-electron chi connectivity index (χ0n) is 24.0. The van der Waals surface area contributed by atoms with E-state index in [2.05, 4.69) is 35.9 Å². The van der Waals surface area contributed by atoms with Crippen molar-refractivity contribution in [2.75, 3.05) is 18.4 Å². The van der Waals surface area contributed by atoms with Crippen LogP contribution in [0.5, 0.6) is 0 Å². The van der Waals surface area contributed by atoms with Gasteiger partial charge in [0.25, 0.3) is 0 Å². The number of carbonyl (C=O) groups is 1. The summed E-state index contributed by atoms with van der Waals surface area (Å²) in [4.78, 5) is 23.3. The highest BCUT2D eigenvalue weighted by Crippen LogP contribution is 2.32. The molecule has 0 saturated carbocycles. The molecule has 1 aliphatic rings. The van der Waals surface area contributed by atoms with Crippen molar-refractivity contribution in [2.45, 2.75) is 58.3 Å². The third kappa shape index (κ3) is 6.75. The summed E-state index contributed by atoms with van der Waals surface area (Å²) in [5.74, 6) is -0.109. The lowest BCUT2D eigenvalue weighted by molar-refractivity contribution is -0.147. The molecule has 42 heavy (non-hydrogen) atoms. The number of anilines is 2. The monoisotopic (exact) mass is 583 g/mol. The molecule has 4 aromatic rings. The summed E-state index contributed by atoms with van der Waals surface area (Å²) in [5.41, 5.74) is 3.75. The van der Waals surface area contributed by atoms with Crippen molar-refractivity contribution in [1.29, 1.82) is 0 Å². The predicted octanol–water partition coefficient (Wildman–Crippen LogP) is 4.85. The molecule has 5 rings (SSSR count). The average molecular weight is 584 g/mol. The summed E-state index contributed by atoms with van der Waals surface area (Å²) in [6.45, 7) is 6.62. The molecule has 0 unspecified atom stereocenters. The molecular formula is C28H32F3N9O2. The highest BCUT2D eigenvalue weighted by molar-refractivity contribution is 5.89. The smallest absolute Gasteiger partial charge is 0.401 e. The molecule has 1 aromatic carbocycles. The van der Waals surface area contributed by atoms with Gasteiger partial charge in [0.1, 0.15) is 0 Å². The Morgan fingerprint density at radius 3 is 2.62 bits per heavy atom. The van der Waals surface area contributed by atoms with E-state index in [9.17, 15) is 18.0 Å². The van der Waals surface area contributed by atoms with Gasteiger partial charge in [-0.2, -0.15) is 18.3 Å². The Kier molecular flexibility index (Phi) is 7.75. The minimum Gasteiger partial charge on any atom is -0.416 e. The summed E-state index contributed by atoms with van der Waals surface area (Å²) in [6.07, 6.45) is -0.682. The Hall–Kier alpha value is -4.33. The van der Waals surface area contributed by atoms with Gasteiger partial charge in [0.05, 0.1) is 29.7 Å². The second-order valence-corrected chi connectivity index (χ2v) is 11.4. The summed E-state index contributed by atoms with van der Waals surface area (Å²) in [6, 6.07) is 6.63. The van der Waals surface area contributed by atoms with Crippen LogP contribution < -0.4 is 10.6 Å². The number of nitrogens with zero attached hydrogens (tertiary/aromatic N) is 7. The molecule has 0 aliphatic carbocycles. The Labute approximate surface area is 240 Å². The van der Waals surface area contributed by atoms with Gasteiger partial charge in [0.15, 0.2) is 0 Å². The fourth-order valence-corrected chi connectivity index (χ4v) is 4.83. The maximum absolute atomic E-state index is 13.4. The lowest BCUT2D eigenvalue weighted by Crippen LogP contribution is -2.35. The van der Waals surface area contributed by atoms with E-state index in [1.807, 2.05) is 59.1 Å². The van der Waals surface area contributed by atoms with E-state index in [0.717, 1.165) is 11.4 Å². The molecule has 14 heteroatoms. The summed E-state index contributed by atoms with van der Waals surface area (Å²) in [5, 5.41) is 18.2. The van der Waals surface area contributed by atoms with Gasteiger partial charge in [-0.1, -0.05) is 32.9 Å². The van der Waals surface area contributed by atoms with Crippen LogP contribution in [0.3, 0.4) is 0 Å². The van der Waals surface area contributed by atoms with Crippen LogP contribution in [0.4, 0.5) is 24.8 Å². The summed E-state index contributed by atoms with van der Waals surface area (Å²) in [7, 11) is 1.81. The number of carbonyl (C=O) groups excluding carboxylic acids is 1. The molecule has 1 atom stereocenters. The van der Waals surface area contributed by atoms with Crippen LogP contribution in [0.2, 0.25) is 0 Å². The number of hydrogen-bond donors (Lipinski definition) is 2. The van der Waals surface area contributed by atoms with Crippen LogP contribution in [-0.4, -0.2) is 60.0 Å². The van der Waals surface area contributed by atoms with Gasteiger partial charge >= 0.3 is 18.0 Å². The number of benzene rings is 1. The molecule has 1 amide bonds. The second kappa shape index (κ2) is 11.2. The zero-order chi connectivity index (χ0) is 30.2. The topological polar surface area (TPSA) is 127 Å². The van der Waals surface area contributed by atoms with Crippen molar-refractivity contribution in [3.05, 3.63) is 65.3 Å². The number of fused-ring (bicyclic) bond motifs is 1. The van der Waals surface area contributed by atoms with Crippen LogP contribution in [0.15, 0.2) is 41.1 Å². The maximum atomic E-state index is 13.4. The molecule has 0 saturated heterocycles. The summed E-state index contributed by atoms with van der Waals surface area (Å²) < 4.78 is 47.5. The third-order valence-corrected chi connectivity index (χ3v) is 6.83. The van der Waals surface area contributed by atoms with E-state index in [4.69, 9.17) is 4.42 Å². The number of nitrogens with one attached hydrogen (secondary N) is 2. The Bertz CT molecular complexity index is 1590. The van der Waals surface area contributed by atoms with Crippen molar-refractivity contribution in [2.24, 2.45) is 7.05 Å². The SMILES string of the molecule is Cc1nn(C)cc1Nc1nccc(-c2ccc3c(c2)CN(CC(F)(F)F)CC[C@H]3NC(=O)c2nnc(C(C)(C)C)o2)n1. The van der Waals surface area contributed by atoms with Crippen molar-refractivity contribution >= 4 is 17.5 Å². The number of amides is 1. The highest BCUT2D eigenvalue weighted by Gasteiger charge is 2.34. The quantitative estimate of drug-likeness (QED) is 0.328. The van der Waals surface area contributed by atoms with Gasteiger partial charge in [-0.15, -0.1) is 10.2 Å². The predicted molar refractivity (Wildman–Crippen MR) is 148 cm³/mol. The molecular weight excluding hydrogens is 551 g/mol. The van der Waals surface area contributed by atoms with E-state index in [0.29, 0.717) is 34.2 Å². The number of aryl methyl sites for hydroxylation is 2. The largest absolute Gasteiger partial charge is 0.416 e. The molecule has 3 aromatic heterocycles. The minimum absolute atomic E-state index is 0.0505. The van der Waals surface area contributed by atoms with E-state index in [1.54, 1.807) is 16.9 Å². The van der Waals surface area contributed by atoms with Crippen LogP contribution in [0.1, 0.15) is 66.6 Å². The number of alkyl halides is 3. The van der Waals surface area contributed by atoms with Crippen molar-refractivity contribution < 1.29 is 22.4 Å². The maximum Gasteiger partial charge on any atom is 0.401 e. The highest BCUT2D eigenvalue weighted by atomic mass is 19.4. The van der Waals surface area contributed by atoms with Gasteiger partial charge in [-0.05, 0) is 36.6 Å². The number of rotatable bonds is 6. The number of aromatic nitrogens is 6. The fourth-order valence-electron chi connectivity index (χ4n) is 4.83. The van der Waals surface area contributed by atoms with Gasteiger partial charge in [-0.3, -0.25) is 14.4 Å². The van der Waals surface area contributed by atoms with Crippen LogP contribution >= 0.6 is 0 Å². The van der Waals surface area contributed by atoms with Crippen molar-refractivity contribution in [1.82, 2.24) is 40.2 Å². The van der Waals surface area contributed by atoms with E-state index < -0.39 is 30.1 Å². The van der Waals surface area contributed by atoms with Crippen LogP contribution in [0.25, 0.3) is 11.3 Å². The summed E-state index contributed by atoms with van der Waals surface area (Å²) >= 11 is 0. The van der Waals surface area contributed by atoms with Crippen LogP contribution in [0, 0.1) is 6.92 Å². The van der Waals surface area contributed by atoms with E-state index >= 15 is 0 Å². The molecule has 0 fully saturated rings. The first kappa shape index (κ1) is 29.2.